The quantitative estimate of drug-likeness (QED) is 0.361. The average molecular weight is 404 g/mol. The predicted octanol–water partition coefficient (Wildman–Crippen LogP) is 2.16. The van der Waals surface area contributed by atoms with Crippen LogP contribution in [0, 0.1) is 11.7 Å². The SMILES string of the molecule is CN=C(NCCCOCC1CCOC1)NCCc1ccn(-c2ccc(F)cc2)n1. The number of aliphatic imine (C=N–C) groups is 1. The van der Waals surface area contributed by atoms with Crippen LogP contribution in [0.25, 0.3) is 5.69 Å². The molecule has 3 rings (SSSR count). The van der Waals surface area contributed by atoms with Crippen LogP contribution in [0.2, 0.25) is 0 Å². The van der Waals surface area contributed by atoms with Gasteiger partial charge in [-0.2, -0.15) is 5.10 Å². The van der Waals surface area contributed by atoms with Crippen LogP contribution in [0.15, 0.2) is 41.5 Å². The van der Waals surface area contributed by atoms with Crippen molar-refractivity contribution in [2.75, 3.05) is 46.6 Å². The van der Waals surface area contributed by atoms with Gasteiger partial charge in [-0.25, -0.2) is 9.07 Å². The van der Waals surface area contributed by atoms with E-state index >= 15 is 0 Å². The fraction of sp³-hybridized carbons (Fsp3) is 0.524. The van der Waals surface area contributed by atoms with Crippen molar-refractivity contribution in [2.45, 2.75) is 19.3 Å². The Morgan fingerprint density at radius 1 is 1.28 bits per heavy atom. The fourth-order valence-corrected chi connectivity index (χ4v) is 3.11. The second kappa shape index (κ2) is 11.5. The molecule has 0 radical (unpaired) electrons. The summed E-state index contributed by atoms with van der Waals surface area (Å²) in [5.74, 6) is 1.08. The molecule has 0 bridgehead atoms. The second-order valence-corrected chi connectivity index (χ2v) is 7.06. The van der Waals surface area contributed by atoms with Crippen molar-refractivity contribution in [3.8, 4) is 5.69 Å². The van der Waals surface area contributed by atoms with Crippen molar-refractivity contribution < 1.29 is 13.9 Å². The molecule has 2 aromatic rings. The van der Waals surface area contributed by atoms with Gasteiger partial charge >= 0.3 is 0 Å². The molecule has 1 saturated heterocycles. The summed E-state index contributed by atoms with van der Waals surface area (Å²) >= 11 is 0. The molecule has 0 amide bonds. The molecular weight excluding hydrogens is 373 g/mol. The van der Waals surface area contributed by atoms with Crippen molar-refractivity contribution in [1.82, 2.24) is 20.4 Å². The Bertz CT molecular complexity index is 757. The van der Waals surface area contributed by atoms with Crippen LogP contribution in [0.1, 0.15) is 18.5 Å². The molecule has 1 unspecified atom stereocenters. The lowest BCUT2D eigenvalue weighted by Crippen LogP contribution is -2.39. The number of nitrogens with one attached hydrogen (secondary N) is 2. The summed E-state index contributed by atoms with van der Waals surface area (Å²) in [4.78, 5) is 4.24. The first-order chi connectivity index (χ1) is 14.2. The number of hydrogen-bond donors (Lipinski definition) is 2. The summed E-state index contributed by atoms with van der Waals surface area (Å²) in [5.41, 5.74) is 1.80. The van der Waals surface area contributed by atoms with Crippen LogP contribution in [-0.4, -0.2) is 62.3 Å². The molecule has 0 aliphatic carbocycles. The summed E-state index contributed by atoms with van der Waals surface area (Å²) in [6, 6.07) is 8.25. The molecule has 1 aromatic carbocycles. The third kappa shape index (κ3) is 7.14. The molecule has 8 heteroatoms. The monoisotopic (exact) mass is 403 g/mol. The maximum absolute atomic E-state index is 13.0. The summed E-state index contributed by atoms with van der Waals surface area (Å²) in [6.07, 6.45) is 4.68. The highest BCUT2D eigenvalue weighted by molar-refractivity contribution is 5.79. The highest BCUT2D eigenvalue weighted by Crippen LogP contribution is 2.12. The van der Waals surface area contributed by atoms with Gasteiger partial charge in [-0.1, -0.05) is 0 Å². The van der Waals surface area contributed by atoms with Crippen molar-refractivity contribution in [1.29, 1.82) is 0 Å². The Balaban J connectivity index is 1.29. The fourth-order valence-electron chi connectivity index (χ4n) is 3.11. The Morgan fingerprint density at radius 2 is 2.10 bits per heavy atom. The molecule has 1 fully saturated rings. The molecule has 1 aliphatic rings. The van der Waals surface area contributed by atoms with Crippen LogP contribution >= 0.6 is 0 Å². The van der Waals surface area contributed by atoms with E-state index in [0.717, 1.165) is 76.1 Å². The molecule has 2 N–H and O–H groups in total. The predicted molar refractivity (Wildman–Crippen MR) is 111 cm³/mol. The highest BCUT2D eigenvalue weighted by Gasteiger charge is 2.15. The van der Waals surface area contributed by atoms with E-state index in [1.54, 1.807) is 23.9 Å². The molecule has 0 saturated carbocycles. The molecule has 7 nitrogen and oxygen atoms in total. The first kappa shape index (κ1) is 21.3. The minimum absolute atomic E-state index is 0.251. The molecular formula is C21H30FN5O2. The zero-order chi connectivity index (χ0) is 20.3. The Hall–Kier alpha value is -2.45. The molecule has 2 heterocycles. The number of guanidine groups is 1. The summed E-state index contributed by atoms with van der Waals surface area (Å²) in [6.45, 7) is 4.75. The van der Waals surface area contributed by atoms with Gasteiger partial charge in [0.25, 0.3) is 0 Å². The third-order valence-electron chi connectivity index (χ3n) is 4.77. The summed E-state index contributed by atoms with van der Waals surface area (Å²) < 4.78 is 25.8. The van der Waals surface area contributed by atoms with E-state index in [-0.39, 0.29) is 5.82 Å². The number of halogens is 1. The van der Waals surface area contributed by atoms with Crippen LogP contribution in [0.5, 0.6) is 0 Å². The number of ether oxygens (including phenoxy) is 2. The Labute approximate surface area is 171 Å². The largest absolute Gasteiger partial charge is 0.381 e. The van der Waals surface area contributed by atoms with E-state index < -0.39 is 0 Å². The number of benzene rings is 1. The van der Waals surface area contributed by atoms with Crippen molar-refractivity contribution in [2.24, 2.45) is 10.9 Å². The van der Waals surface area contributed by atoms with E-state index in [9.17, 15) is 4.39 Å². The van der Waals surface area contributed by atoms with E-state index in [4.69, 9.17) is 9.47 Å². The maximum Gasteiger partial charge on any atom is 0.190 e. The topological polar surface area (TPSA) is 72.7 Å². The second-order valence-electron chi connectivity index (χ2n) is 7.06. The van der Waals surface area contributed by atoms with Crippen molar-refractivity contribution >= 4 is 5.96 Å². The van der Waals surface area contributed by atoms with Gasteiger partial charge in [0.2, 0.25) is 0 Å². The first-order valence-electron chi connectivity index (χ1n) is 10.1. The van der Waals surface area contributed by atoms with Crippen LogP contribution in [0.3, 0.4) is 0 Å². The number of rotatable bonds is 10. The third-order valence-corrected chi connectivity index (χ3v) is 4.77. The standard InChI is InChI=1S/C21H30FN5O2/c1-23-21(24-10-2-13-28-15-17-9-14-29-16-17)25-11-7-19-8-12-27(26-19)20-5-3-18(22)4-6-20/h3-6,8,12,17H,2,7,9-11,13-16H2,1H3,(H2,23,24,25). The number of nitrogens with zero attached hydrogens (tertiary/aromatic N) is 3. The van der Waals surface area contributed by atoms with Gasteiger partial charge in [-0.15, -0.1) is 0 Å². The normalized spacial score (nSPS) is 16.9. The lowest BCUT2D eigenvalue weighted by atomic mass is 10.1. The van der Waals surface area contributed by atoms with Crippen molar-refractivity contribution in [3.63, 3.8) is 0 Å². The number of aromatic nitrogens is 2. The van der Waals surface area contributed by atoms with Crippen LogP contribution in [0.4, 0.5) is 4.39 Å². The van der Waals surface area contributed by atoms with Crippen molar-refractivity contribution in [3.05, 3.63) is 48.0 Å². The average Bonchev–Trinajstić information content (AvgIpc) is 3.42. The summed E-state index contributed by atoms with van der Waals surface area (Å²) in [5, 5.41) is 11.1. The minimum atomic E-state index is -0.251. The number of hydrogen-bond acceptors (Lipinski definition) is 4. The smallest absolute Gasteiger partial charge is 0.190 e. The van der Waals surface area contributed by atoms with E-state index in [0.29, 0.717) is 5.92 Å². The Morgan fingerprint density at radius 3 is 2.86 bits per heavy atom. The first-order valence-corrected chi connectivity index (χ1v) is 10.1. The van der Waals surface area contributed by atoms with Gasteiger partial charge in [-0.05, 0) is 43.2 Å². The van der Waals surface area contributed by atoms with Crippen LogP contribution in [-0.2, 0) is 15.9 Å². The summed E-state index contributed by atoms with van der Waals surface area (Å²) in [7, 11) is 1.76. The molecule has 158 valence electrons. The lowest BCUT2D eigenvalue weighted by molar-refractivity contribution is 0.0888. The molecule has 1 atom stereocenters. The molecule has 1 aromatic heterocycles. The van der Waals surface area contributed by atoms with Gasteiger partial charge in [0.15, 0.2) is 5.96 Å². The van der Waals surface area contributed by atoms with Gasteiger partial charge < -0.3 is 20.1 Å². The maximum atomic E-state index is 13.0. The van der Waals surface area contributed by atoms with E-state index in [2.05, 4.69) is 20.7 Å². The molecule has 1 aliphatic heterocycles. The lowest BCUT2D eigenvalue weighted by Gasteiger charge is -2.12. The van der Waals surface area contributed by atoms with E-state index in [1.807, 2.05) is 12.3 Å². The van der Waals surface area contributed by atoms with E-state index in [1.165, 1.54) is 12.1 Å². The highest BCUT2D eigenvalue weighted by atomic mass is 19.1. The van der Waals surface area contributed by atoms with Gasteiger partial charge in [0.1, 0.15) is 5.82 Å². The minimum Gasteiger partial charge on any atom is -0.381 e. The van der Waals surface area contributed by atoms with Gasteiger partial charge in [-0.3, -0.25) is 4.99 Å². The zero-order valence-electron chi connectivity index (χ0n) is 16.9. The molecule has 0 spiro atoms. The van der Waals surface area contributed by atoms with Gasteiger partial charge in [0.05, 0.1) is 24.6 Å². The zero-order valence-corrected chi connectivity index (χ0v) is 16.9. The molecule has 29 heavy (non-hydrogen) atoms. The van der Waals surface area contributed by atoms with Gasteiger partial charge in [0, 0.05) is 51.9 Å². The Kier molecular flexibility index (Phi) is 8.45. The van der Waals surface area contributed by atoms with Crippen LogP contribution < -0.4 is 10.6 Å².